The number of hydrogen-bond donors (Lipinski definition) is 2. The summed E-state index contributed by atoms with van der Waals surface area (Å²) in [5, 5.41) is 7.02. The number of nitrogens with one attached hydrogen (secondary N) is 2. The van der Waals surface area contributed by atoms with E-state index >= 15 is 0 Å². The lowest BCUT2D eigenvalue weighted by Crippen LogP contribution is -2.44. The lowest BCUT2D eigenvalue weighted by Gasteiger charge is -2.33. The van der Waals surface area contributed by atoms with Gasteiger partial charge in [-0.2, -0.15) is 0 Å². The molecule has 3 rings (SSSR count). The van der Waals surface area contributed by atoms with E-state index < -0.39 is 0 Å². The molecule has 29 heavy (non-hydrogen) atoms. The van der Waals surface area contributed by atoms with E-state index in [0.717, 1.165) is 51.0 Å². The summed E-state index contributed by atoms with van der Waals surface area (Å²) in [6.07, 6.45) is 8.59. The van der Waals surface area contributed by atoms with Crippen LogP contribution >= 0.6 is 24.0 Å². The molecule has 1 aliphatic carbocycles. The van der Waals surface area contributed by atoms with Gasteiger partial charge in [-0.05, 0) is 56.3 Å². The van der Waals surface area contributed by atoms with Crippen LogP contribution in [0, 0.1) is 5.41 Å². The maximum atomic E-state index is 4.85. The zero-order chi connectivity index (χ0) is 19.8. The Balaban J connectivity index is 0.00000300. The molecule has 0 aromatic carbocycles. The number of anilines is 1. The summed E-state index contributed by atoms with van der Waals surface area (Å²) in [5.41, 5.74) is 1.67. The van der Waals surface area contributed by atoms with Crippen LogP contribution in [-0.2, 0) is 6.54 Å². The van der Waals surface area contributed by atoms with E-state index in [1.54, 1.807) is 0 Å². The van der Waals surface area contributed by atoms with Crippen LogP contribution in [0.2, 0.25) is 0 Å². The molecule has 164 valence electrons. The molecule has 0 amide bonds. The normalized spacial score (nSPS) is 19.7. The Labute approximate surface area is 194 Å². The molecule has 2 fully saturated rings. The minimum Gasteiger partial charge on any atom is -0.357 e. The summed E-state index contributed by atoms with van der Waals surface area (Å²) < 4.78 is 0. The number of piperazine rings is 1. The molecular weight excluding hydrogens is 475 g/mol. The number of aliphatic imine (C=N–C) groups is 1. The topological polar surface area (TPSA) is 55.8 Å². The van der Waals surface area contributed by atoms with Gasteiger partial charge in [0.25, 0.3) is 0 Å². The second kappa shape index (κ2) is 11.9. The highest BCUT2D eigenvalue weighted by Gasteiger charge is 2.31. The molecule has 7 heteroatoms. The smallest absolute Gasteiger partial charge is 0.191 e. The first-order valence-corrected chi connectivity index (χ1v) is 11.0. The van der Waals surface area contributed by atoms with Crippen LogP contribution in [0.3, 0.4) is 0 Å². The first kappa shape index (κ1) is 24.2. The van der Waals surface area contributed by atoms with E-state index in [0.29, 0.717) is 12.0 Å². The SMILES string of the molecule is CCNC(=NCc1ccnc(N2CCN(C)CC2)c1)NCC1(CC)CCCC1.I. The average Bonchev–Trinajstić information content (AvgIpc) is 3.20. The van der Waals surface area contributed by atoms with Gasteiger partial charge >= 0.3 is 0 Å². The Kier molecular flexibility index (Phi) is 9.95. The maximum Gasteiger partial charge on any atom is 0.191 e. The van der Waals surface area contributed by atoms with Gasteiger partial charge in [-0.25, -0.2) is 9.98 Å². The second-order valence-corrected chi connectivity index (χ2v) is 8.42. The van der Waals surface area contributed by atoms with E-state index in [9.17, 15) is 0 Å². The number of aromatic nitrogens is 1. The van der Waals surface area contributed by atoms with Gasteiger partial charge in [0.15, 0.2) is 5.96 Å². The fraction of sp³-hybridized carbons (Fsp3) is 0.727. The van der Waals surface area contributed by atoms with Crippen molar-refractivity contribution in [3.05, 3.63) is 23.9 Å². The Bertz CT molecular complexity index is 636. The molecule has 2 N–H and O–H groups in total. The third-order valence-corrected chi connectivity index (χ3v) is 6.45. The number of guanidine groups is 1. The predicted molar refractivity (Wildman–Crippen MR) is 133 cm³/mol. The van der Waals surface area contributed by atoms with Gasteiger partial charge in [-0.3, -0.25) is 0 Å². The van der Waals surface area contributed by atoms with Crippen molar-refractivity contribution in [1.29, 1.82) is 0 Å². The standard InChI is InChI=1S/C22H38N6.HI/c1-4-22(9-6-7-10-22)18-26-21(23-5-2)25-17-19-8-11-24-20(16-19)28-14-12-27(3)13-15-28;/h8,11,16H,4-7,9-10,12-15,17-18H2,1-3H3,(H2,23,25,26);1H. The molecule has 0 atom stereocenters. The van der Waals surface area contributed by atoms with Crippen LogP contribution in [0.25, 0.3) is 0 Å². The fourth-order valence-corrected chi connectivity index (χ4v) is 4.33. The number of nitrogens with zero attached hydrogens (tertiary/aromatic N) is 4. The zero-order valence-electron chi connectivity index (χ0n) is 18.4. The van der Waals surface area contributed by atoms with Crippen molar-refractivity contribution >= 4 is 35.8 Å². The summed E-state index contributed by atoms with van der Waals surface area (Å²) in [5.74, 6) is 2.01. The van der Waals surface area contributed by atoms with Gasteiger partial charge in [0.1, 0.15) is 5.82 Å². The summed E-state index contributed by atoms with van der Waals surface area (Å²) in [6, 6.07) is 4.28. The molecule has 2 heterocycles. The molecule has 1 saturated heterocycles. The van der Waals surface area contributed by atoms with E-state index in [1.165, 1.54) is 37.7 Å². The van der Waals surface area contributed by atoms with Crippen LogP contribution in [0.5, 0.6) is 0 Å². The Morgan fingerprint density at radius 3 is 2.52 bits per heavy atom. The second-order valence-electron chi connectivity index (χ2n) is 8.42. The molecular formula is C22H39IN6. The van der Waals surface area contributed by atoms with Crippen LogP contribution in [0.1, 0.15) is 51.5 Å². The Hall–Kier alpha value is -1.09. The molecule has 0 spiro atoms. The van der Waals surface area contributed by atoms with E-state index in [1.807, 2.05) is 6.20 Å². The van der Waals surface area contributed by atoms with Gasteiger partial charge in [0.2, 0.25) is 0 Å². The van der Waals surface area contributed by atoms with Gasteiger partial charge in [-0.15, -0.1) is 24.0 Å². The van der Waals surface area contributed by atoms with Crippen molar-refractivity contribution in [2.75, 3.05) is 51.2 Å². The Morgan fingerprint density at radius 1 is 1.14 bits per heavy atom. The fourth-order valence-electron chi connectivity index (χ4n) is 4.33. The predicted octanol–water partition coefficient (Wildman–Crippen LogP) is 3.48. The maximum absolute atomic E-state index is 4.85. The average molecular weight is 515 g/mol. The van der Waals surface area contributed by atoms with Crippen molar-refractivity contribution in [2.24, 2.45) is 10.4 Å². The largest absolute Gasteiger partial charge is 0.357 e. The summed E-state index contributed by atoms with van der Waals surface area (Å²) in [4.78, 5) is 14.2. The third kappa shape index (κ3) is 6.98. The summed E-state index contributed by atoms with van der Waals surface area (Å²) in [6.45, 7) is 11.3. The van der Waals surface area contributed by atoms with E-state index in [-0.39, 0.29) is 24.0 Å². The van der Waals surface area contributed by atoms with E-state index in [4.69, 9.17) is 4.99 Å². The molecule has 6 nitrogen and oxygen atoms in total. The molecule has 0 unspecified atom stereocenters. The van der Waals surface area contributed by atoms with Gasteiger partial charge in [0, 0.05) is 45.5 Å². The minimum absolute atomic E-state index is 0. The minimum atomic E-state index is 0. The van der Waals surface area contributed by atoms with Gasteiger partial charge < -0.3 is 20.4 Å². The van der Waals surface area contributed by atoms with Crippen LogP contribution in [0.4, 0.5) is 5.82 Å². The van der Waals surface area contributed by atoms with Crippen LogP contribution < -0.4 is 15.5 Å². The number of pyridine rings is 1. The highest BCUT2D eigenvalue weighted by atomic mass is 127. The number of halogens is 1. The molecule has 1 aromatic rings. The summed E-state index contributed by atoms with van der Waals surface area (Å²) >= 11 is 0. The summed E-state index contributed by atoms with van der Waals surface area (Å²) in [7, 11) is 2.18. The molecule has 1 aliphatic heterocycles. The van der Waals surface area contributed by atoms with Gasteiger partial charge in [0.05, 0.1) is 6.54 Å². The number of rotatable bonds is 7. The molecule has 1 aromatic heterocycles. The van der Waals surface area contributed by atoms with E-state index in [2.05, 4.69) is 58.4 Å². The Morgan fingerprint density at radius 2 is 1.86 bits per heavy atom. The molecule has 0 bridgehead atoms. The number of hydrogen-bond acceptors (Lipinski definition) is 4. The highest BCUT2D eigenvalue weighted by Crippen LogP contribution is 2.40. The first-order chi connectivity index (χ1) is 13.6. The zero-order valence-corrected chi connectivity index (χ0v) is 20.7. The van der Waals surface area contributed by atoms with Crippen LogP contribution in [-0.4, -0.2) is 62.2 Å². The van der Waals surface area contributed by atoms with Gasteiger partial charge in [-0.1, -0.05) is 19.8 Å². The first-order valence-electron chi connectivity index (χ1n) is 11.0. The van der Waals surface area contributed by atoms with Crippen molar-refractivity contribution < 1.29 is 0 Å². The highest BCUT2D eigenvalue weighted by molar-refractivity contribution is 14.0. The van der Waals surface area contributed by atoms with Crippen molar-refractivity contribution in [3.8, 4) is 0 Å². The van der Waals surface area contributed by atoms with Crippen molar-refractivity contribution in [1.82, 2.24) is 20.5 Å². The molecule has 2 aliphatic rings. The number of likely N-dealkylation sites (N-methyl/N-ethyl adjacent to an activating group) is 1. The van der Waals surface area contributed by atoms with Crippen molar-refractivity contribution in [3.63, 3.8) is 0 Å². The lowest BCUT2D eigenvalue weighted by atomic mass is 9.83. The van der Waals surface area contributed by atoms with Crippen molar-refractivity contribution in [2.45, 2.75) is 52.5 Å². The monoisotopic (exact) mass is 514 g/mol. The quantitative estimate of drug-likeness (QED) is 0.332. The molecule has 1 saturated carbocycles. The third-order valence-electron chi connectivity index (χ3n) is 6.45. The molecule has 0 radical (unpaired) electrons. The lowest BCUT2D eigenvalue weighted by molar-refractivity contribution is 0.283. The van der Waals surface area contributed by atoms with Crippen LogP contribution in [0.15, 0.2) is 23.3 Å².